The maximum Gasteiger partial charge on any atom is 0.137 e. The van der Waals surface area contributed by atoms with E-state index in [-0.39, 0.29) is 0 Å². The van der Waals surface area contributed by atoms with Crippen LogP contribution in [-0.2, 0) is 11.4 Å². The third kappa shape index (κ3) is 4.34. The Labute approximate surface area is 202 Å². The van der Waals surface area contributed by atoms with Crippen molar-refractivity contribution in [3.63, 3.8) is 0 Å². The summed E-state index contributed by atoms with van der Waals surface area (Å²) in [6.07, 6.45) is 0. The minimum Gasteiger partial charge on any atom is -0.391 e. The smallest absolute Gasteiger partial charge is 0.137 e. The molecule has 34 heavy (non-hydrogen) atoms. The van der Waals surface area contributed by atoms with Crippen LogP contribution in [0.25, 0.3) is 27.4 Å². The van der Waals surface area contributed by atoms with Gasteiger partial charge < -0.3 is 9.40 Å². The summed E-state index contributed by atoms with van der Waals surface area (Å²) in [5.41, 5.74) is 10.5. The third-order valence-electron chi connectivity index (χ3n) is 6.14. The first-order valence-corrected chi connectivity index (χ1v) is 11.6. The summed E-state index contributed by atoms with van der Waals surface area (Å²) in [5, 5.41) is 6.76. The number of aromatic nitrogens is 1. The van der Waals surface area contributed by atoms with Crippen molar-refractivity contribution in [3.8, 4) is 0 Å². The first kappa shape index (κ1) is 23.3. The minimum absolute atomic E-state index is 0.387. The molecule has 0 bridgehead atoms. The molecule has 0 saturated heterocycles. The Morgan fingerprint density at radius 1 is 0.882 bits per heavy atom. The SMILES string of the molecule is C=C(C)CO/N=C(\C(=C)C)c1ccc2c(c1)c1cc(C(=C)c3ccccc3C)ccc1n2CC. The van der Waals surface area contributed by atoms with Crippen LogP contribution in [0.15, 0.2) is 96.7 Å². The maximum atomic E-state index is 5.52. The number of nitrogens with zero attached hydrogens (tertiary/aromatic N) is 2. The topological polar surface area (TPSA) is 26.5 Å². The number of rotatable bonds is 8. The molecule has 3 nitrogen and oxygen atoms in total. The van der Waals surface area contributed by atoms with Gasteiger partial charge in [-0.25, -0.2) is 0 Å². The number of aryl methyl sites for hydroxylation is 2. The van der Waals surface area contributed by atoms with Crippen LogP contribution in [0.5, 0.6) is 0 Å². The van der Waals surface area contributed by atoms with Crippen molar-refractivity contribution >= 4 is 33.1 Å². The van der Waals surface area contributed by atoms with Crippen molar-refractivity contribution in [1.29, 1.82) is 0 Å². The van der Waals surface area contributed by atoms with Gasteiger partial charge in [0.15, 0.2) is 0 Å². The van der Waals surface area contributed by atoms with Gasteiger partial charge in [-0.1, -0.05) is 61.3 Å². The second kappa shape index (κ2) is 9.56. The van der Waals surface area contributed by atoms with Gasteiger partial charge in [0.25, 0.3) is 0 Å². The molecule has 0 aliphatic carbocycles. The molecule has 0 radical (unpaired) electrons. The fraction of sp³-hybridized carbons (Fsp3) is 0.194. The van der Waals surface area contributed by atoms with Crippen LogP contribution < -0.4 is 0 Å². The molecule has 1 aromatic heterocycles. The quantitative estimate of drug-likeness (QED) is 0.152. The largest absolute Gasteiger partial charge is 0.391 e. The van der Waals surface area contributed by atoms with E-state index < -0.39 is 0 Å². The average molecular weight is 449 g/mol. The fourth-order valence-electron chi connectivity index (χ4n) is 4.43. The van der Waals surface area contributed by atoms with E-state index in [9.17, 15) is 0 Å². The van der Waals surface area contributed by atoms with Crippen LogP contribution in [0.1, 0.15) is 43.0 Å². The summed E-state index contributed by atoms with van der Waals surface area (Å²) in [6, 6.07) is 21.5. The van der Waals surface area contributed by atoms with Crippen LogP contribution >= 0.6 is 0 Å². The summed E-state index contributed by atoms with van der Waals surface area (Å²) < 4.78 is 2.35. The summed E-state index contributed by atoms with van der Waals surface area (Å²) in [6.45, 7) is 21.9. The van der Waals surface area contributed by atoms with Crippen molar-refractivity contribution in [2.24, 2.45) is 5.16 Å². The lowest BCUT2D eigenvalue weighted by atomic mass is 9.94. The van der Waals surface area contributed by atoms with Crippen LogP contribution in [0.4, 0.5) is 0 Å². The lowest BCUT2D eigenvalue weighted by molar-refractivity contribution is 0.168. The Balaban J connectivity index is 1.88. The molecule has 1 heterocycles. The highest BCUT2D eigenvalue weighted by Gasteiger charge is 2.15. The molecule has 0 spiro atoms. The Bertz CT molecular complexity index is 1470. The molecule has 0 N–H and O–H groups in total. The highest BCUT2D eigenvalue weighted by Crippen LogP contribution is 2.34. The molecular weight excluding hydrogens is 416 g/mol. The van der Waals surface area contributed by atoms with E-state index in [1.165, 1.54) is 32.9 Å². The van der Waals surface area contributed by atoms with Gasteiger partial charge in [0.1, 0.15) is 12.3 Å². The van der Waals surface area contributed by atoms with Gasteiger partial charge in [0, 0.05) is 33.9 Å². The molecule has 172 valence electrons. The van der Waals surface area contributed by atoms with E-state index in [1.807, 2.05) is 13.8 Å². The molecule has 0 unspecified atom stereocenters. The molecule has 3 heteroatoms. The van der Waals surface area contributed by atoms with Gasteiger partial charge in [-0.05, 0) is 85.4 Å². The van der Waals surface area contributed by atoms with Gasteiger partial charge in [-0.15, -0.1) is 0 Å². The Kier molecular flexibility index (Phi) is 6.56. The number of hydrogen-bond donors (Lipinski definition) is 0. The predicted octanol–water partition coefficient (Wildman–Crippen LogP) is 8.06. The van der Waals surface area contributed by atoms with Crippen molar-refractivity contribution in [2.45, 2.75) is 34.2 Å². The summed E-state index contributed by atoms with van der Waals surface area (Å²) in [7, 11) is 0. The van der Waals surface area contributed by atoms with Crippen molar-refractivity contribution in [1.82, 2.24) is 4.57 Å². The molecular formula is C31H32N2O. The van der Waals surface area contributed by atoms with Crippen molar-refractivity contribution < 1.29 is 4.84 Å². The van der Waals surface area contributed by atoms with E-state index in [0.29, 0.717) is 6.61 Å². The van der Waals surface area contributed by atoms with Gasteiger partial charge in [0.2, 0.25) is 0 Å². The standard InChI is InChI=1S/C31H32N2O/c1-8-33-29-15-13-24(23(7)26-12-10-9-11-22(26)6)17-27(29)28-18-25(14-16-30(28)33)31(21(4)5)32-34-19-20(2)3/h9-18H,2,4,7-8,19H2,1,3,5-6H3/b32-31+. The van der Waals surface area contributed by atoms with Crippen LogP contribution in [0.3, 0.4) is 0 Å². The zero-order valence-corrected chi connectivity index (χ0v) is 20.6. The molecule has 0 aliphatic heterocycles. The van der Waals surface area contributed by atoms with Gasteiger partial charge in [0.05, 0.1) is 0 Å². The highest BCUT2D eigenvalue weighted by atomic mass is 16.6. The first-order valence-electron chi connectivity index (χ1n) is 11.6. The van der Waals surface area contributed by atoms with E-state index in [0.717, 1.165) is 40.1 Å². The molecule has 0 aliphatic rings. The highest BCUT2D eigenvalue weighted by molar-refractivity contribution is 6.16. The fourth-order valence-corrected chi connectivity index (χ4v) is 4.43. The zero-order chi connectivity index (χ0) is 24.4. The number of allylic oxidation sites excluding steroid dienone is 1. The van der Waals surface area contributed by atoms with E-state index in [1.54, 1.807) is 0 Å². The van der Waals surface area contributed by atoms with Crippen LogP contribution in [0.2, 0.25) is 0 Å². The van der Waals surface area contributed by atoms with E-state index in [2.05, 4.69) is 104 Å². The number of benzene rings is 3. The van der Waals surface area contributed by atoms with Crippen LogP contribution in [0, 0.1) is 6.92 Å². The Morgan fingerprint density at radius 3 is 2.09 bits per heavy atom. The average Bonchev–Trinajstić information content (AvgIpc) is 3.13. The normalized spacial score (nSPS) is 11.7. The third-order valence-corrected chi connectivity index (χ3v) is 6.14. The van der Waals surface area contributed by atoms with Gasteiger partial charge in [-0.2, -0.15) is 0 Å². The predicted molar refractivity (Wildman–Crippen MR) is 147 cm³/mol. The van der Waals surface area contributed by atoms with Crippen molar-refractivity contribution in [3.05, 3.63) is 114 Å². The molecule has 0 saturated carbocycles. The number of hydrogen-bond acceptors (Lipinski definition) is 2. The van der Waals surface area contributed by atoms with Gasteiger partial charge >= 0.3 is 0 Å². The van der Waals surface area contributed by atoms with Crippen LogP contribution in [-0.4, -0.2) is 16.9 Å². The Hall–Kier alpha value is -3.85. The molecule has 4 aromatic rings. The molecule has 0 atom stereocenters. The summed E-state index contributed by atoms with van der Waals surface area (Å²) >= 11 is 0. The second-order valence-corrected chi connectivity index (χ2v) is 8.95. The van der Waals surface area contributed by atoms with Crippen molar-refractivity contribution in [2.75, 3.05) is 6.61 Å². The monoisotopic (exact) mass is 448 g/mol. The zero-order valence-electron chi connectivity index (χ0n) is 20.6. The molecule has 3 aromatic carbocycles. The first-order chi connectivity index (χ1) is 16.3. The molecule has 0 fully saturated rings. The van der Waals surface area contributed by atoms with Gasteiger partial charge in [-0.3, -0.25) is 0 Å². The second-order valence-electron chi connectivity index (χ2n) is 8.95. The maximum absolute atomic E-state index is 5.52. The Morgan fingerprint density at radius 2 is 1.50 bits per heavy atom. The molecule has 4 rings (SSSR count). The minimum atomic E-state index is 0.387. The number of oxime groups is 1. The van der Waals surface area contributed by atoms with E-state index in [4.69, 9.17) is 4.84 Å². The molecule has 0 amide bonds. The lowest BCUT2D eigenvalue weighted by Crippen LogP contribution is -2.04. The summed E-state index contributed by atoms with van der Waals surface area (Å²) in [4.78, 5) is 5.52. The van der Waals surface area contributed by atoms with E-state index >= 15 is 0 Å². The number of fused-ring (bicyclic) bond motifs is 3. The lowest BCUT2D eigenvalue weighted by Gasteiger charge is -2.10. The summed E-state index contributed by atoms with van der Waals surface area (Å²) in [5.74, 6) is 0.